The molecule has 14 heteroatoms. The smallest absolute Gasteiger partial charge is 0.328 e. The number of carbonyl (C=O) groups excluding carboxylic acids is 4. The molecule has 0 saturated carbocycles. The van der Waals surface area contributed by atoms with Crippen LogP contribution in [0.1, 0.15) is 114 Å². The van der Waals surface area contributed by atoms with Gasteiger partial charge in [0, 0.05) is 19.3 Å². The monoisotopic (exact) mass is 829 g/mol. The fourth-order valence-corrected chi connectivity index (χ4v) is 7.30. The Morgan fingerprint density at radius 3 is 2.17 bits per heavy atom. The maximum atomic E-state index is 14.5. The summed E-state index contributed by atoms with van der Waals surface area (Å²) in [5.74, 6) is -3.99. The minimum atomic E-state index is -1.72. The van der Waals surface area contributed by atoms with Crippen molar-refractivity contribution in [2.45, 2.75) is 134 Å². The molecule has 326 valence electrons. The highest BCUT2D eigenvalue weighted by molar-refractivity contribution is 5.94. The van der Waals surface area contributed by atoms with Gasteiger partial charge in [-0.05, 0) is 59.7 Å². The van der Waals surface area contributed by atoms with E-state index in [1.807, 2.05) is 13.8 Å². The van der Waals surface area contributed by atoms with Crippen LogP contribution in [0.25, 0.3) is 0 Å². The summed E-state index contributed by atoms with van der Waals surface area (Å²) in [4.78, 5) is 68.5. The molecule has 14 nitrogen and oxygen atoms in total. The van der Waals surface area contributed by atoms with Gasteiger partial charge in [-0.2, -0.15) is 0 Å². The number of nitrogens with one attached hydrogen (secondary N) is 4. The van der Waals surface area contributed by atoms with Crippen LogP contribution in [0.2, 0.25) is 0 Å². The number of hydrogen-bond donors (Lipinski definition) is 7. The number of ether oxygens (including phenoxy) is 2. The lowest BCUT2D eigenvalue weighted by Crippen LogP contribution is -2.58. The summed E-state index contributed by atoms with van der Waals surface area (Å²) in [5, 5.41) is 32.8. The number of unbranched alkanes of at least 4 members (excludes halogenated alkanes) is 8. The molecular weight excluding hydrogens is 767 g/mol. The number of hydrogen-bond acceptors (Lipinski definition) is 9. The Balaban J connectivity index is 1.73. The molecule has 2 aliphatic rings. The number of carbonyl (C=O) groups is 5. The van der Waals surface area contributed by atoms with Crippen molar-refractivity contribution in [2.24, 2.45) is 11.7 Å². The van der Waals surface area contributed by atoms with E-state index >= 15 is 0 Å². The summed E-state index contributed by atoms with van der Waals surface area (Å²) >= 11 is 0. The maximum absolute atomic E-state index is 14.5. The van der Waals surface area contributed by atoms with E-state index in [4.69, 9.17) is 15.2 Å². The molecule has 60 heavy (non-hydrogen) atoms. The third-order valence-corrected chi connectivity index (χ3v) is 10.5. The maximum Gasteiger partial charge on any atom is 0.328 e. The van der Waals surface area contributed by atoms with Crippen molar-refractivity contribution < 1.29 is 43.7 Å². The summed E-state index contributed by atoms with van der Waals surface area (Å²) in [6, 6.07) is 11.7. The molecule has 0 unspecified atom stereocenters. The summed E-state index contributed by atoms with van der Waals surface area (Å²) in [6.45, 7) is 6.04. The zero-order valence-corrected chi connectivity index (χ0v) is 35.3. The lowest BCUT2D eigenvalue weighted by molar-refractivity contribution is -0.143. The van der Waals surface area contributed by atoms with Gasteiger partial charge in [-0.1, -0.05) is 115 Å². The predicted molar refractivity (Wildman–Crippen MR) is 229 cm³/mol. The molecule has 0 spiro atoms. The molecule has 0 radical (unpaired) electrons. The SMILES string of the molecule is CCCCCCCCCCCC(=O)N[C@@H](C(=O)O)[C@@H]1NC(=O)[C@H](Cc2ccccc2)NC(=O)[C@@H](NC(=O)[C@H](N)CC(C)C)Cc2ccc(cc2)Oc2cc1cc(O)c2OC. The molecular formula is C46H63N5O9. The predicted octanol–water partition coefficient (Wildman–Crippen LogP) is 5.98. The Kier molecular flexibility index (Phi) is 18.7. The van der Waals surface area contributed by atoms with Gasteiger partial charge in [0.05, 0.1) is 19.2 Å². The first kappa shape index (κ1) is 47.1. The number of aliphatic carboxylic acids is 1. The second-order valence-electron chi connectivity index (χ2n) is 16.0. The van der Waals surface area contributed by atoms with Crippen molar-refractivity contribution in [1.29, 1.82) is 0 Å². The molecule has 0 aromatic heterocycles. The van der Waals surface area contributed by atoms with Crippen LogP contribution < -0.4 is 36.5 Å². The highest BCUT2D eigenvalue weighted by atomic mass is 16.5. The highest BCUT2D eigenvalue weighted by Gasteiger charge is 2.37. The third kappa shape index (κ3) is 14.6. The molecule has 0 aliphatic carbocycles. The van der Waals surface area contributed by atoms with Crippen LogP contribution in [-0.2, 0) is 36.8 Å². The highest BCUT2D eigenvalue weighted by Crippen LogP contribution is 2.42. The molecule has 8 N–H and O–H groups in total. The molecule has 3 aromatic carbocycles. The van der Waals surface area contributed by atoms with Crippen molar-refractivity contribution in [2.75, 3.05) is 7.11 Å². The number of nitrogens with two attached hydrogens (primary N) is 1. The number of rotatable bonds is 20. The summed E-state index contributed by atoms with van der Waals surface area (Å²) in [6.07, 6.45) is 9.77. The van der Waals surface area contributed by atoms with E-state index in [0.717, 1.165) is 25.7 Å². The average molecular weight is 830 g/mol. The Hall–Kier alpha value is -5.63. The van der Waals surface area contributed by atoms with Gasteiger partial charge < -0.3 is 46.7 Å². The van der Waals surface area contributed by atoms with Gasteiger partial charge in [-0.25, -0.2) is 4.79 Å². The van der Waals surface area contributed by atoms with E-state index in [2.05, 4.69) is 28.2 Å². The largest absolute Gasteiger partial charge is 0.504 e. The van der Waals surface area contributed by atoms with Gasteiger partial charge >= 0.3 is 5.97 Å². The van der Waals surface area contributed by atoms with Gasteiger partial charge in [0.2, 0.25) is 29.4 Å². The molecule has 4 bridgehead atoms. The molecule has 0 fully saturated rings. The molecule has 5 rings (SSSR count). The molecule has 3 aromatic rings. The van der Waals surface area contributed by atoms with Crippen molar-refractivity contribution in [1.82, 2.24) is 21.3 Å². The molecule has 5 atom stereocenters. The first-order valence-corrected chi connectivity index (χ1v) is 21.2. The van der Waals surface area contributed by atoms with Crippen LogP contribution in [0.15, 0.2) is 66.7 Å². The van der Waals surface area contributed by atoms with E-state index in [-0.39, 0.29) is 42.2 Å². The van der Waals surface area contributed by atoms with Gasteiger partial charge in [-0.3, -0.25) is 19.2 Å². The summed E-state index contributed by atoms with van der Waals surface area (Å²) in [5.41, 5.74) is 7.62. The van der Waals surface area contributed by atoms with Gasteiger partial charge in [0.25, 0.3) is 0 Å². The van der Waals surface area contributed by atoms with Crippen LogP contribution in [-0.4, -0.2) is 71.1 Å². The molecule has 4 amide bonds. The van der Waals surface area contributed by atoms with E-state index in [0.29, 0.717) is 29.7 Å². The van der Waals surface area contributed by atoms with E-state index in [1.165, 1.54) is 44.9 Å². The number of carboxylic acids is 1. The average Bonchev–Trinajstić information content (AvgIpc) is 3.21. The normalized spacial score (nSPS) is 17.8. The number of phenols is 1. The second-order valence-corrected chi connectivity index (χ2v) is 16.0. The van der Waals surface area contributed by atoms with E-state index in [9.17, 15) is 34.2 Å². The second kappa shape index (κ2) is 23.8. The van der Waals surface area contributed by atoms with Crippen LogP contribution in [0, 0.1) is 5.92 Å². The Bertz CT molecular complexity index is 1870. The van der Waals surface area contributed by atoms with Gasteiger partial charge in [0.15, 0.2) is 17.5 Å². The summed E-state index contributed by atoms with van der Waals surface area (Å²) < 4.78 is 11.6. The first-order chi connectivity index (χ1) is 28.8. The number of carboxylic acid groups (broad SMARTS) is 1. The number of amides is 4. The Morgan fingerprint density at radius 1 is 0.900 bits per heavy atom. The van der Waals surface area contributed by atoms with Gasteiger partial charge in [0.1, 0.15) is 17.8 Å². The summed E-state index contributed by atoms with van der Waals surface area (Å²) in [7, 11) is 1.33. The Morgan fingerprint density at radius 2 is 1.55 bits per heavy atom. The lowest BCUT2D eigenvalue weighted by atomic mass is 9.96. The van der Waals surface area contributed by atoms with Crippen LogP contribution in [0.4, 0.5) is 0 Å². The quantitative estimate of drug-likeness (QED) is 0.0661. The topological polar surface area (TPSA) is 218 Å². The van der Waals surface area contributed by atoms with Crippen molar-refractivity contribution in [3.05, 3.63) is 83.4 Å². The van der Waals surface area contributed by atoms with Crippen LogP contribution in [0.3, 0.4) is 0 Å². The van der Waals surface area contributed by atoms with E-state index in [1.54, 1.807) is 54.6 Å². The van der Waals surface area contributed by atoms with Crippen LogP contribution in [0.5, 0.6) is 23.0 Å². The lowest BCUT2D eigenvalue weighted by Gasteiger charge is -2.30. The van der Waals surface area contributed by atoms with Gasteiger partial charge in [-0.15, -0.1) is 0 Å². The minimum absolute atomic E-state index is 0.00942. The Labute approximate surface area is 353 Å². The zero-order chi connectivity index (χ0) is 43.6. The standard InChI is InChI=1S/C46H63N5O9/c1-5-6-7-8-9-10-11-12-16-19-39(53)50-41(46(57)58)40-32-27-37(52)42(59-4)38(28-32)60-33-22-20-31(21-23-33)26-35(48-43(54)34(47)24-29(2)3)44(55)49-36(45(56)51-40)25-30-17-14-13-15-18-30/h13-15,17-18,20-23,27-29,34-36,40-41,52H,5-12,16,19,24-26,47H2,1-4H3,(H,48,54)(H,49,55)(H,50,53)(H,51,56)(H,57,58)/t34-,35+,36+,40-,41-/m1/s1. The third-order valence-electron chi connectivity index (χ3n) is 10.5. The van der Waals surface area contributed by atoms with Crippen molar-refractivity contribution in [3.63, 3.8) is 0 Å². The molecule has 2 heterocycles. The fourth-order valence-electron chi connectivity index (χ4n) is 7.30. The van der Waals surface area contributed by atoms with Crippen molar-refractivity contribution in [3.8, 4) is 23.0 Å². The number of benzene rings is 3. The van der Waals surface area contributed by atoms with E-state index < -0.39 is 65.6 Å². The zero-order valence-electron chi connectivity index (χ0n) is 35.3. The number of phenolic OH excluding ortho intramolecular Hbond substituents is 1. The molecule has 2 aliphatic heterocycles. The first-order valence-electron chi connectivity index (χ1n) is 21.2. The minimum Gasteiger partial charge on any atom is -0.504 e. The number of aromatic hydroxyl groups is 1. The number of methoxy groups -OCH3 is 1. The van der Waals surface area contributed by atoms with Crippen molar-refractivity contribution >= 4 is 29.6 Å². The fraction of sp³-hybridized carbons (Fsp3) is 0.500. The van der Waals surface area contributed by atoms with Crippen LogP contribution >= 0.6 is 0 Å². The number of fused-ring (bicyclic) bond motifs is 9. The molecule has 0 saturated heterocycles.